The van der Waals surface area contributed by atoms with Crippen molar-refractivity contribution in [2.24, 2.45) is 5.41 Å². The van der Waals surface area contributed by atoms with E-state index in [4.69, 9.17) is 4.74 Å². The van der Waals surface area contributed by atoms with Gasteiger partial charge in [-0.25, -0.2) is 0 Å². The maximum absolute atomic E-state index is 5.85. The molecule has 1 heterocycles. The Balaban J connectivity index is 1.89. The minimum Gasteiger partial charge on any atom is -0.489 e. The third-order valence-corrected chi connectivity index (χ3v) is 3.64. The van der Waals surface area contributed by atoms with Crippen LogP contribution in [0, 0.1) is 5.41 Å². The Morgan fingerprint density at radius 2 is 1.94 bits per heavy atom. The second-order valence-corrected chi connectivity index (χ2v) is 5.55. The summed E-state index contributed by atoms with van der Waals surface area (Å²) in [6, 6.07) is 6.21. The third kappa shape index (κ3) is 2.06. The molecule has 1 fully saturated rings. The van der Waals surface area contributed by atoms with E-state index in [1.165, 1.54) is 18.5 Å². The Morgan fingerprint density at radius 3 is 2.65 bits per heavy atom. The Labute approximate surface area is 103 Å². The molecule has 0 bridgehead atoms. The quantitative estimate of drug-likeness (QED) is 0.822. The molecule has 1 aliphatic carbocycles. The Bertz CT molecular complexity index is 424. The predicted octanol–water partition coefficient (Wildman–Crippen LogP) is 3.09. The number of rotatable bonds is 2. The van der Waals surface area contributed by atoms with Crippen molar-refractivity contribution in [3.63, 3.8) is 0 Å². The van der Waals surface area contributed by atoms with Gasteiger partial charge in [0, 0.05) is 18.5 Å². The Hall–Kier alpha value is -1.38. The second-order valence-electron chi connectivity index (χ2n) is 5.55. The number of benzene rings is 1. The fourth-order valence-electron chi connectivity index (χ4n) is 2.36. The van der Waals surface area contributed by atoms with Crippen molar-refractivity contribution in [2.75, 3.05) is 23.7 Å². The first kappa shape index (κ1) is 10.8. The molecule has 1 aliphatic heterocycles. The zero-order valence-corrected chi connectivity index (χ0v) is 10.5. The monoisotopic (exact) mass is 232 g/mol. The largest absolute Gasteiger partial charge is 0.489 e. The maximum Gasteiger partial charge on any atom is 0.144 e. The highest BCUT2D eigenvalue weighted by molar-refractivity contribution is 5.76. The summed E-state index contributed by atoms with van der Waals surface area (Å²) in [5.74, 6) is 0.961. The summed E-state index contributed by atoms with van der Waals surface area (Å²) in [4.78, 5) is 0. The lowest BCUT2D eigenvalue weighted by Gasteiger charge is -2.16. The molecule has 92 valence electrons. The summed E-state index contributed by atoms with van der Waals surface area (Å²) in [5.41, 5.74) is 2.80. The molecule has 0 radical (unpaired) electrons. The van der Waals surface area contributed by atoms with E-state index in [1.807, 2.05) is 6.07 Å². The molecular formula is C14H20N2O. The van der Waals surface area contributed by atoms with Crippen LogP contribution in [0.5, 0.6) is 5.75 Å². The van der Waals surface area contributed by atoms with Crippen molar-refractivity contribution < 1.29 is 4.74 Å². The first-order chi connectivity index (χ1) is 8.19. The van der Waals surface area contributed by atoms with Gasteiger partial charge in [-0.05, 0) is 38.8 Å². The maximum atomic E-state index is 5.85. The number of para-hydroxylation sites is 1. The lowest BCUT2D eigenvalue weighted by atomic mass is 10.1. The lowest BCUT2D eigenvalue weighted by molar-refractivity contribution is 0.244. The summed E-state index contributed by atoms with van der Waals surface area (Å²) in [6.07, 6.45) is 2.88. The van der Waals surface area contributed by atoms with Gasteiger partial charge in [-0.3, -0.25) is 0 Å². The van der Waals surface area contributed by atoms with Gasteiger partial charge >= 0.3 is 0 Å². The fourth-order valence-corrected chi connectivity index (χ4v) is 2.36. The van der Waals surface area contributed by atoms with Gasteiger partial charge in [0.1, 0.15) is 11.4 Å². The number of ether oxygens (including phenoxy) is 1. The van der Waals surface area contributed by atoms with Crippen LogP contribution in [-0.2, 0) is 0 Å². The molecule has 1 saturated carbocycles. The van der Waals surface area contributed by atoms with E-state index in [9.17, 15) is 0 Å². The van der Waals surface area contributed by atoms with Crippen LogP contribution in [0.25, 0.3) is 0 Å². The van der Waals surface area contributed by atoms with Crippen LogP contribution in [0.2, 0.25) is 0 Å². The van der Waals surface area contributed by atoms with Crippen molar-refractivity contribution >= 4 is 11.4 Å². The summed E-state index contributed by atoms with van der Waals surface area (Å²) < 4.78 is 5.85. The Kier molecular flexibility index (Phi) is 2.42. The van der Waals surface area contributed by atoms with Gasteiger partial charge in [0.15, 0.2) is 0 Å². The van der Waals surface area contributed by atoms with Gasteiger partial charge in [-0.1, -0.05) is 6.07 Å². The average molecular weight is 232 g/mol. The van der Waals surface area contributed by atoms with Gasteiger partial charge in [0.2, 0.25) is 0 Å². The summed E-state index contributed by atoms with van der Waals surface area (Å²) in [5, 5.41) is 7.11. The first-order valence-corrected chi connectivity index (χ1v) is 6.46. The molecule has 0 unspecified atom stereocenters. The molecule has 2 aliphatic rings. The summed E-state index contributed by atoms with van der Waals surface area (Å²) >= 11 is 0. The highest BCUT2D eigenvalue weighted by Gasteiger charge is 2.43. The van der Waals surface area contributed by atoms with Gasteiger partial charge in [-0.15, -0.1) is 0 Å². The number of nitrogens with one attached hydrogen (secondary N) is 2. The van der Waals surface area contributed by atoms with Crippen LogP contribution in [0.15, 0.2) is 18.2 Å². The number of hydrogen-bond donors (Lipinski definition) is 2. The number of fused-ring (bicyclic) bond motifs is 1. The van der Waals surface area contributed by atoms with Gasteiger partial charge in [0.25, 0.3) is 0 Å². The molecule has 0 amide bonds. The topological polar surface area (TPSA) is 33.3 Å². The third-order valence-electron chi connectivity index (χ3n) is 3.64. The zero-order chi connectivity index (χ0) is 11.9. The highest BCUT2D eigenvalue weighted by Crippen LogP contribution is 2.48. The minimum atomic E-state index is 0.210. The molecule has 0 atom stereocenters. The van der Waals surface area contributed by atoms with Crippen molar-refractivity contribution in [3.05, 3.63) is 18.2 Å². The van der Waals surface area contributed by atoms with Crippen LogP contribution >= 0.6 is 0 Å². The summed E-state index contributed by atoms with van der Waals surface area (Å²) in [6.45, 7) is 6.27. The fraction of sp³-hybridized carbons (Fsp3) is 0.571. The minimum absolute atomic E-state index is 0.210. The standard InChI is InChI=1S/C14H20N2O/c1-10(2)17-12-5-3-4-11-13(12)16-9-14(6-7-14)8-15-11/h3-5,10,15-16H,6-9H2,1-2H3. The van der Waals surface area contributed by atoms with Crippen LogP contribution in [0.3, 0.4) is 0 Å². The van der Waals surface area contributed by atoms with Gasteiger partial charge in [-0.2, -0.15) is 0 Å². The number of hydrogen-bond acceptors (Lipinski definition) is 3. The van der Waals surface area contributed by atoms with Crippen molar-refractivity contribution in [2.45, 2.75) is 32.8 Å². The van der Waals surface area contributed by atoms with E-state index < -0.39 is 0 Å². The van der Waals surface area contributed by atoms with E-state index in [2.05, 4.69) is 36.6 Å². The smallest absolute Gasteiger partial charge is 0.144 e. The van der Waals surface area contributed by atoms with Crippen molar-refractivity contribution in [1.82, 2.24) is 0 Å². The van der Waals surface area contributed by atoms with Crippen LogP contribution in [0.4, 0.5) is 11.4 Å². The molecule has 17 heavy (non-hydrogen) atoms. The lowest BCUT2D eigenvalue weighted by Crippen LogP contribution is -2.19. The van der Waals surface area contributed by atoms with E-state index in [0.29, 0.717) is 5.41 Å². The van der Waals surface area contributed by atoms with Gasteiger partial charge in [0.05, 0.1) is 11.8 Å². The van der Waals surface area contributed by atoms with E-state index in [0.717, 1.165) is 24.5 Å². The molecule has 3 heteroatoms. The normalized spacial score (nSPS) is 20.2. The van der Waals surface area contributed by atoms with Crippen molar-refractivity contribution in [1.29, 1.82) is 0 Å². The molecule has 2 N–H and O–H groups in total. The molecule has 1 aromatic carbocycles. The molecular weight excluding hydrogens is 212 g/mol. The second kappa shape index (κ2) is 3.83. The molecule has 3 nitrogen and oxygen atoms in total. The summed E-state index contributed by atoms with van der Waals surface area (Å²) in [7, 11) is 0. The van der Waals surface area contributed by atoms with E-state index in [-0.39, 0.29) is 6.10 Å². The zero-order valence-electron chi connectivity index (χ0n) is 10.5. The highest BCUT2D eigenvalue weighted by atomic mass is 16.5. The van der Waals surface area contributed by atoms with Crippen LogP contribution in [0.1, 0.15) is 26.7 Å². The average Bonchev–Trinajstić information content (AvgIpc) is 3.07. The van der Waals surface area contributed by atoms with Crippen LogP contribution in [-0.4, -0.2) is 19.2 Å². The Morgan fingerprint density at radius 1 is 1.18 bits per heavy atom. The van der Waals surface area contributed by atoms with Gasteiger partial charge < -0.3 is 15.4 Å². The molecule has 1 aromatic rings. The van der Waals surface area contributed by atoms with Crippen molar-refractivity contribution in [3.8, 4) is 5.75 Å². The molecule has 3 rings (SSSR count). The SMILES string of the molecule is CC(C)Oc1cccc2c1NCC1(CC1)CN2. The predicted molar refractivity (Wildman–Crippen MR) is 70.9 cm³/mol. The van der Waals surface area contributed by atoms with E-state index >= 15 is 0 Å². The molecule has 1 spiro atoms. The molecule has 0 saturated heterocycles. The molecule has 0 aromatic heterocycles. The van der Waals surface area contributed by atoms with Crippen LogP contribution < -0.4 is 15.4 Å². The van der Waals surface area contributed by atoms with E-state index in [1.54, 1.807) is 0 Å². The first-order valence-electron chi connectivity index (χ1n) is 6.46. The number of anilines is 2.